The van der Waals surface area contributed by atoms with Crippen molar-refractivity contribution in [3.63, 3.8) is 0 Å². The standard InChI is InChI=1S/C12H10BrClF2N2O/c1-6-12(13,11(19)18(2)17-6)10(14)8-4-3-7(15)5-9(8)16/h3-5,10H,1-2H3. The number of hydrogen-bond acceptors (Lipinski definition) is 2. The van der Waals surface area contributed by atoms with E-state index in [0.717, 1.165) is 17.1 Å². The Labute approximate surface area is 122 Å². The largest absolute Gasteiger partial charge is 0.271 e. The molecule has 0 saturated carbocycles. The molecule has 7 heteroatoms. The van der Waals surface area contributed by atoms with Crippen LogP contribution in [0, 0.1) is 11.6 Å². The maximum atomic E-state index is 13.8. The van der Waals surface area contributed by atoms with E-state index in [1.807, 2.05) is 0 Å². The number of hydrogen-bond donors (Lipinski definition) is 0. The third-order valence-electron chi connectivity index (χ3n) is 3.02. The Morgan fingerprint density at radius 3 is 2.58 bits per heavy atom. The molecule has 3 nitrogen and oxygen atoms in total. The third-order valence-corrected chi connectivity index (χ3v) is 5.21. The number of rotatable bonds is 2. The summed E-state index contributed by atoms with van der Waals surface area (Å²) in [6.45, 7) is 1.62. The molecular weight excluding hydrogens is 341 g/mol. The second-order valence-corrected chi connectivity index (χ2v) is 5.94. The van der Waals surface area contributed by atoms with Crippen molar-refractivity contribution in [1.29, 1.82) is 0 Å². The van der Waals surface area contributed by atoms with E-state index in [1.54, 1.807) is 6.92 Å². The predicted molar refractivity (Wildman–Crippen MR) is 72.5 cm³/mol. The Morgan fingerprint density at radius 2 is 2.11 bits per heavy atom. The van der Waals surface area contributed by atoms with Gasteiger partial charge in [0.25, 0.3) is 5.91 Å². The van der Waals surface area contributed by atoms with Gasteiger partial charge in [-0.25, -0.2) is 13.8 Å². The van der Waals surface area contributed by atoms with E-state index in [2.05, 4.69) is 21.0 Å². The normalized spacial score (nSPS) is 24.6. The van der Waals surface area contributed by atoms with Crippen molar-refractivity contribution < 1.29 is 13.6 Å². The van der Waals surface area contributed by atoms with Crippen molar-refractivity contribution in [3.05, 3.63) is 35.4 Å². The lowest BCUT2D eigenvalue weighted by Gasteiger charge is -2.26. The number of carbonyl (C=O) groups is 1. The van der Waals surface area contributed by atoms with Crippen LogP contribution in [0.4, 0.5) is 8.78 Å². The van der Waals surface area contributed by atoms with E-state index in [1.165, 1.54) is 13.1 Å². The molecule has 0 saturated heterocycles. The van der Waals surface area contributed by atoms with E-state index in [0.29, 0.717) is 5.71 Å². The zero-order valence-electron chi connectivity index (χ0n) is 10.1. The molecule has 0 aromatic heterocycles. The molecule has 1 amide bonds. The highest BCUT2D eigenvalue weighted by Crippen LogP contribution is 2.45. The third kappa shape index (κ3) is 2.17. The van der Waals surface area contributed by atoms with Crippen LogP contribution in [0.3, 0.4) is 0 Å². The van der Waals surface area contributed by atoms with Gasteiger partial charge >= 0.3 is 0 Å². The lowest BCUT2D eigenvalue weighted by molar-refractivity contribution is -0.129. The molecule has 2 unspecified atom stereocenters. The average Bonchev–Trinajstić information content (AvgIpc) is 2.53. The molecule has 1 aromatic carbocycles. The van der Waals surface area contributed by atoms with Gasteiger partial charge in [0.2, 0.25) is 0 Å². The van der Waals surface area contributed by atoms with Gasteiger partial charge in [0.05, 0.1) is 11.1 Å². The predicted octanol–water partition coefficient (Wildman–Crippen LogP) is 3.23. The molecule has 1 aromatic rings. The number of alkyl halides is 2. The molecule has 0 aliphatic carbocycles. The fourth-order valence-corrected chi connectivity index (χ4v) is 2.96. The summed E-state index contributed by atoms with van der Waals surface area (Å²) < 4.78 is 25.4. The minimum absolute atomic E-state index is 0.0399. The molecule has 1 aliphatic rings. The van der Waals surface area contributed by atoms with Crippen LogP contribution in [0.1, 0.15) is 17.9 Å². The zero-order valence-corrected chi connectivity index (χ0v) is 12.5. The minimum atomic E-state index is -1.32. The molecule has 0 N–H and O–H groups in total. The van der Waals surface area contributed by atoms with E-state index in [-0.39, 0.29) is 5.56 Å². The number of halogens is 4. The van der Waals surface area contributed by atoms with Gasteiger partial charge in [-0.15, -0.1) is 11.6 Å². The summed E-state index contributed by atoms with van der Waals surface area (Å²) in [6.07, 6.45) is 0. The highest BCUT2D eigenvalue weighted by Gasteiger charge is 2.52. The topological polar surface area (TPSA) is 32.7 Å². The van der Waals surface area contributed by atoms with Gasteiger partial charge < -0.3 is 0 Å². The SMILES string of the molecule is CC1=NN(C)C(=O)C1(Br)C(Cl)c1ccc(F)cc1F. The van der Waals surface area contributed by atoms with Crippen molar-refractivity contribution in [1.82, 2.24) is 5.01 Å². The smallest absolute Gasteiger partial charge is 0.267 e. The number of benzene rings is 1. The molecule has 102 valence electrons. The average molecular weight is 352 g/mol. The van der Waals surface area contributed by atoms with Crippen molar-refractivity contribution in [2.45, 2.75) is 16.6 Å². The van der Waals surface area contributed by atoms with Crippen molar-refractivity contribution in [2.24, 2.45) is 5.10 Å². The van der Waals surface area contributed by atoms with Crippen LogP contribution in [-0.4, -0.2) is 28.0 Å². The molecule has 0 radical (unpaired) electrons. The lowest BCUT2D eigenvalue weighted by Crippen LogP contribution is -2.43. The van der Waals surface area contributed by atoms with Gasteiger partial charge in [-0.1, -0.05) is 22.0 Å². The Hall–Kier alpha value is -1.01. The summed E-state index contributed by atoms with van der Waals surface area (Å²) in [5.41, 5.74) is 0.460. The number of carbonyl (C=O) groups excluding carboxylic acids is 1. The second-order valence-electron chi connectivity index (χ2n) is 4.25. The van der Waals surface area contributed by atoms with Crippen LogP contribution in [0.5, 0.6) is 0 Å². The molecule has 2 atom stereocenters. The fourth-order valence-electron chi connectivity index (χ4n) is 1.95. The van der Waals surface area contributed by atoms with Crippen molar-refractivity contribution in [2.75, 3.05) is 7.05 Å². The van der Waals surface area contributed by atoms with Crippen LogP contribution in [0.15, 0.2) is 23.3 Å². The highest BCUT2D eigenvalue weighted by molar-refractivity contribution is 9.10. The number of nitrogens with zero attached hydrogens (tertiary/aromatic N) is 2. The number of hydrazone groups is 1. The Bertz CT molecular complexity index is 581. The molecule has 0 fully saturated rings. The maximum Gasteiger partial charge on any atom is 0.267 e. The minimum Gasteiger partial charge on any atom is -0.271 e. The van der Waals surface area contributed by atoms with Crippen LogP contribution < -0.4 is 0 Å². The summed E-state index contributed by atoms with van der Waals surface area (Å²) in [5, 5.41) is 4.10. The summed E-state index contributed by atoms with van der Waals surface area (Å²) in [4.78, 5) is 12.1. The summed E-state index contributed by atoms with van der Waals surface area (Å²) in [5.74, 6) is -1.89. The zero-order chi connectivity index (χ0) is 14.4. The van der Waals surface area contributed by atoms with Crippen molar-refractivity contribution in [3.8, 4) is 0 Å². The second kappa shape index (κ2) is 4.83. The first-order chi connectivity index (χ1) is 8.78. The monoisotopic (exact) mass is 350 g/mol. The van der Waals surface area contributed by atoms with Gasteiger partial charge in [-0.2, -0.15) is 5.10 Å². The maximum absolute atomic E-state index is 13.8. The number of amides is 1. The molecule has 2 rings (SSSR count). The van der Waals surface area contributed by atoms with E-state index >= 15 is 0 Å². The van der Waals surface area contributed by atoms with Gasteiger partial charge in [0.1, 0.15) is 11.6 Å². The van der Waals surface area contributed by atoms with Gasteiger partial charge in [-0.05, 0) is 13.0 Å². The quantitative estimate of drug-likeness (QED) is 0.753. The van der Waals surface area contributed by atoms with Crippen LogP contribution >= 0.6 is 27.5 Å². The summed E-state index contributed by atoms with van der Waals surface area (Å²) in [6, 6.07) is 3.06. The van der Waals surface area contributed by atoms with Crippen LogP contribution in [0.25, 0.3) is 0 Å². The molecule has 1 heterocycles. The molecular formula is C12H10BrClF2N2O. The van der Waals surface area contributed by atoms with Crippen molar-refractivity contribution >= 4 is 39.1 Å². The summed E-state index contributed by atoms with van der Waals surface area (Å²) >= 11 is 9.49. The molecule has 1 aliphatic heterocycles. The van der Waals surface area contributed by atoms with Crippen LogP contribution in [-0.2, 0) is 4.79 Å². The summed E-state index contributed by atoms with van der Waals surface area (Å²) in [7, 11) is 1.49. The highest BCUT2D eigenvalue weighted by atomic mass is 79.9. The fraction of sp³-hybridized carbons (Fsp3) is 0.333. The van der Waals surface area contributed by atoms with E-state index < -0.39 is 27.2 Å². The molecule has 0 spiro atoms. The van der Waals surface area contributed by atoms with Gasteiger partial charge in [0, 0.05) is 18.7 Å². The van der Waals surface area contributed by atoms with Gasteiger partial charge in [0.15, 0.2) is 4.32 Å². The van der Waals surface area contributed by atoms with E-state index in [9.17, 15) is 13.6 Å². The van der Waals surface area contributed by atoms with E-state index in [4.69, 9.17) is 11.6 Å². The molecule has 19 heavy (non-hydrogen) atoms. The Kier molecular flexibility index (Phi) is 3.66. The lowest BCUT2D eigenvalue weighted by atomic mass is 9.94. The van der Waals surface area contributed by atoms with Gasteiger partial charge in [-0.3, -0.25) is 4.79 Å². The first-order valence-electron chi connectivity index (χ1n) is 5.40. The molecule has 0 bridgehead atoms. The Balaban J connectivity index is 2.47. The first-order valence-corrected chi connectivity index (χ1v) is 6.63. The first kappa shape index (κ1) is 14.4. The van der Waals surface area contributed by atoms with Crippen LogP contribution in [0.2, 0.25) is 0 Å². The Morgan fingerprint density at radius 1 is 1.47 bits per heavy atom.